The van der Waals surface area contributed by atoms with Gasteiger partial charge in [0.05, 0.1) is 0 Å². The van der Waals surface area contributed by atoms with E-state index in [-0.39, 0.29) is 11.9 Å². The largest absolute Gasteiger partial charge is 0.381 e. The molecule has 4 nitrogen and oxygen atoms in total. The number of nitrogens with zero attached hydrogens (tertiary/aromatic N) is 2. The zero-order valence-corrected chi connectivity index (χ0v) is 11.1. The van der Waals surface area contributed by atoms with Crippen molar-refractivity contribution < 1.29 is 9.90 Å². The van der Waals surface area contributed by atoms with E-state index in [1.165, 1.54) is 25.8 Å². The van der Waals surface area contributed by atoms with Gasteiger partial charge in [0, 0.05) is 25.2 Å². The monoisotopic (exact) mass is 240 g/mol. The van der Waals surface area contributed by atoms with Crippen LogP contribution in [-0.2, 0) is 4.79 Å². The van der Waals surface area contributed by atoms with E-state index in [0.29, 0.717) is 6.04 Å². The van der Waals surface area contributed by atoms with Gasteiger partial charge in [0.1, 0.15) is 5.60 Å². The number of rotatable bonds is 1. The maximum atomic E-state index is 12.2. The van der Waals surface area contributed by atoms with Gasteiger partial charge in [-0.25, -0.2) is 0 Å². The van der Waals surface area contributed by atoms with Crippen molar-refractivity contribution in [3.05, 3.63) is 0 Å². The molecule has 0 spiro atoms. The van der Waals surface area contributed by atoms with Crippen LogP contribution in [0.25, 0.3) is 0 Å². The third-order valence-electron chi connectivity index (χ3n) is 3.97. The molecule has 0 aromatic carbocycles. The highest BCUT2D eigenvalue weighted by Gasteiger charge is 2.39. The van der Waals surface area contributed by atoms with Crippen molar-refractivity contribution in [3.8, 4) is 0 Å². The maximum Gasteiger partial charge on any atom is 0.254 e. The normalized spacial score (nSPS) is 31.2. The molecule has 0 bridgehead atoms. The third-order valence-corrected chi connectivity index (χ3v) is 3.97. The van der Waals surface area contributed by atoms with Crippen LogP contribution in [0.5, 0.6) is 0 Å². The summed E-state index contributed by atoms with van der Waals surface area (Å²) < 4.78 is 0. The zero-order chi connectivity index (χ0) is 12.6. The fourth-order valence-corrected chi connectivity index (χ4v) is 2.99. The zero-order valence-electron chi connectivity index (χ0n) is 11.1. The van der Waals surface area contributed by atoms with Crippen LogP contribution in [0.15, 0.2) is 0 Å². The van der Waals surface area contributed by atoms with Gasteiger partial charge in [-0.3, -0.25) is 9.69 Å². The second-order valence-electron chi connectivity index (χ2n) is 6.01. The minimum atomic E-state index is -1.24. The molecule has 1 amide bonds. The Kier molecular flexibility index (Phi) is 3.46. The highest BCUT2D eigenvalue weighted by Crippen LogP contribution is 2.25. The van der Waals surface area contributed by atoms with Crippen LogP contribution >= 0.6 is 0 Å². The Morgan fingerprint density at radius 2 is 2.00 bits per heavy atom. The molecule has 2 fully saturated rings. The first kappa shape index (κ1) is 12.8. The lowest BCUT2D eigenvalue weighted by Crippen LogP contribution is -2.62. The lowest BCUT2D eigenvalue weighted by molar-refractivity contribution is -0.154. The van der Waals surface area contributed by atoms with Crippen LogP contribution in [0.2, 0.25) is 0 Å². The topological polar surface area (TPSA) is 43.8 Å². The smallest absolute Gasteiger partial charge is 0.254 e. The Labute approximate surface area is 104 Å². The van der Waals surface area contributed by atoms with E-state index >= 15 is 0 Å². The minimum Gasteiger partial charge on any atom is -0.381 e. The molecule has 2 aliphatic rings. The molecule has 2 heterocycles. The molecule has 98 valence electrons. The lowest BCUT2D eigenvalue weighted by Gasteiger charge is -2.48. The SMILES string of the molecule is CC1CN2CCCCC2CN1C(=O)C(C)(C)O. The molecule has 2 rings (SSSR count). The fourth-order valence-electron chi connectivity index (χ4n) is 2.99. The van der Waals surface area contributed by atoms with Crippen molar-refractivity contribution >= 4 is 5.91 Å². The van der Waals surface area contributed by atoms with Crippen molar-refractivity contribution in [2.75, 3.05) is 19.6 Å². The maximum absolute atomic E-state index is 12.2. The van der Waals surface area contributed by atoms with Gasteiger partial charge in [0.15, 0.2) is 0 Å². The van der Waals surface area contributed by atoms with E-state index in [2.05, 4.69) is 11.8 Å². The molecule has 0 saturated carbocycles. The second kappa shape index (κ2) is 4.58. The molecule has 0 aromatic heterocycles. The van der Waals surface area contributed by atoms with Gasteiger partial charge < -0.3 is 10.0 Å². The number of aliphatic hydroxyl groups is 1. The molecular weight excluding hydrogens is 216 g/mol. The van der Waals surface area contributed by atoms with Crippen LogP contribution in [0.3, 0.4) is 0 Å². The average molecular weight is 240 g/mol. The molecule has 0 aliphatic carbocycles. The van der Waals surface area contributed by atoms with Gasteiger partial charge in [-0.05, 0) is 40.2 Å². The number of hydrogen-bond donors (Lipinski definition) is 1. The second-order valence-corrected chi connectivity index (χ2v) is 6.01. The number of carbonyl (C=O) groups excluding carboxylic acids is 1. The summed E-state index contributed by atoms with van der Waals surface area (Å²) in [6.45, 7) is 8.13. The predicted octanol–water partition coefficient (Wildman–Crippen LogP) is 0.843. The molecule has 4 heteroatoms. The van der Waals surface area contributed by atoms with Crippen molar-refractivity contribution in [1.29, 1.82) is 0 Å². The van der Waals surface area contributed by atoms with Gasteiger partial charge in [0.2, 0.25) is 0 Å². The Morgan fingerprint density at radius 1 is 1.29 bits per heavy atom. The van der Waals surface area contributed by atoms with Crippen LogP contribution in [0.4, 0.5) is 0 Å². The highest BCUT2D eigenvalue weighted by molar-refractivity contribution is 5.84. The third kappa shape index (κ3) is 2.63. The quantitative estimate of drug-likeness (QED) is 0.739. The molecule has 0 radical (unpaired) electrons. The highest BCUT2D eigenvalue weighted by atomic mass is 16.3. The summed E-state index contributed by atoms with van der Waals surface area (Å²) in [6, 6.07) is 0.717. The molecule has 17 heavy (non-hydrogen) atoms. The predicted molar refractivity (Wildman–Crippen MR) is 66.7 cm³/mol. The average Bonchev–Trinajstić information content (AvgIpc) is 2.26. The summed E-state index contributed by atoms with van der Waals surface area (Å²) in [5.41, 5.74) is -1.24. The van der Waals surface area contributed by atoms with Crippen molar-refractivity contribution in [2.45, 2.75) is 57.7 Å². The standard InChI is InChI=1S/C13H24N2O2/c1-10-8-14-7-5-4-6-11(14)9-15(10)12(16)13(2,3)17/h10-11,17H,4-9H2,1-3H3. The van der Waals surface area contributed by atoms with E-state index in [0.717, 1.165) is 13.1 Å². The summed E-state index contributed by atoms with van der Waals surface area (Å²) in [5.74, 6) is -0.129. The van der Waals surface area contributed by atoms with Crippen molar-refractivity contribution in [3.63, 3.8) is 0 Å². The Bertz CT molecular complexity index is 298. The molecule has 2 aliphatic heterocycles. The van der Waals surface area contributed by atoms with Crippen LogP contribution in [0, 0.1) is 0 Å². The van der Waals surface area contributed by atoms with Gasteiger partial charge >= 0.3 is 0 Å². The summed E-state index contributed by atoms with van der Waals surface area (Å²) >= 11 is 0. The number of hydrogen-bond acceptors (Lipinski definition) is 3. The molecule has 2 unspecified atom stereocenters. The van der Waals surface area contributed by atoms with Gasteiger partial charge in [-0.1, -0.05) is 6.42 Å². The summed E-state index contributed by atoms with van der Waals surface area (Å²) in [7, 11) is 0. The number of piperidine rings is 1. The van der Waals surface area contributed by atoms with Crippen LogP contribution < -0.4 is 0 Å². The van der Waals surface area contributed by atoms with E-state index in [9.17, 15) is 9.90 Å². The first-order valence-corrected chi connectivity index (χ1v) is 6.67. The molecule has 1 N–H and O–H groups in total. The summed E-state index contributed by atoms with van der Waals surface area (Å²) in [6.07, 6.45) is 3.73. The number of carbonyl (C=O) groups is 1. The Hall–Kier alpha value is -0.610. The van der Waals surface area contributed by atoms with Crippen molar-refractivity contribution in [2.24, 2.45) is 0 Å². The van der Waals surface area contributed by atoms with Gasteiger partial charge in [-0.15, -0.1) is 0 Å². The van der Waals surface area contributed by atoms with E-state index < -0.39 is 5.60 Å². The number of piperazine rings is 1. The van der Waals surface area contributed by atoms with Gasteiger partial charge in [0.25, 0.3) is 5.91 Å². The fraction of sp³-hybridized carbons (Fsp3) is 0.923. The van der Waals surface area contributed by atoms with Gasteiger partial charge in [-0.2, -0.15) is 0 Å². The summed E-state index contributed by atoms with van der Waals surface area (Å²) in [5, 5.41) is 9.85. The van der Waals surface area contributed by atoms with Crippen LogP contribution in [-0.4, -0.2) is 58.1 Å². The molecule has 2 saturated heterocycles. The summed E-state index contributed by atoms with van der Waals surface area (Å²) in [4.78, 5) is 16.5. The molecular formula is C13H24N2O2. The number of fused-ring (bicyclic) bond motifs is 1. The molecule has 0 aromatic rings. The van der Waals surface area contributed by atoms with Crippen LogP contribution in [0.1, 0.15) is 40.0 Å². The number of amides is 1. The van der Waals surface area contributed by atoms with E-state index in [4.69, 9.17) is 0 Å². The first-order valence-electron chi connectivity index (χ1n) is 6.67. The lowest BCUT2D eigenvalue weighted by atomic mass is 9.95. The first-order chi connectivity index (χ1) is 7.89. The minimum absolute atomic E-state index is 0.129. The van der Waals surface area contributed by atoms with E-state index in [1.54, 1.807) is 13.8 Å². The van der Waals surface area contributed by atoms with E-state index in [1.807, 2.05) is 4.90 Å². The van der Waals surface area contributed by atoms with Crippen molar-refractivity contribution in [1.82, 2.24) is 9.80 Å². The Balaban J connectivity index is 2.07. The Morgan fingerprint density at radius 3 is 2.65 bits per heavy atom. The molecule has 2 atom stereocenters.